The molecule has 3 aromatic heterocycles. The topological polar surface area (TPSA) is 171 Å². The molecule has 7 rings (SSSR count). The van der Waals surface area contributed by atoms with E-state index in [-0.39, 0.29) is 83.6 Å². The van der Waals surface area contributed by atoms with Crippen LogP contribution in [-0.2, 0) is 28.7 Å². The molecule has 0 unspecified atom stereocenters. The minimum Gasteiger partial charge on any atom is -0.504 e. The second-order valence-electron chi connectivity index (χ2n) is 13.8. The summed E-state index contributed by atoms with van der Waals surface area (Å²) in [5, 5.41) is 17.3. The summed E-state index contributed by atoms with van der Waals surface area (Å²) in [7, 11) is 0. The zero-order chi connectivity index (χ0) is 39.2. The van der Waals surface area contributed by atoms with Gasteiger partial charge in [-0.05, 0) is 62.3 Å². The molecule has 5 heterocycles. The Morgan fingerprint density at radius 2 is 1.80 bits per heavy atom. The van der Waals surface area contributed by atoms with E-state index in [9.17, 15) is 37.5 Å². The van der Waals surface area contributed by atoms with E-state index in [0.29, 0.717) is 37.5 Å². The molecule has 1 saturated heterocycles. The first kappa shape index (κ1) is 37.8. The molecule has 1 saturated carbocycles. The fraction of sp³-hybridized carbons (Fsp3) is 0.444. The predicted octanol–water partition coefficient (Wildman–Crippen LogP) is 3.95. The van der Waals surface area contributed by atoms with E-state index < -0.39 is 35.7 Å². The van der Waals surface area contributed by atoms with Gasteiger partial charge in [0.25, 0.3) is 11.5 Å². The molecule has 4 aromatic rings. The van der Waals surface area contributed by atoms with Crippen molar-refractivity contribution in [3.8, 4) is 5.75 Å². The first-order chi connectivity index (χ1) is 26.2. The number of nitrogens with zero attached hydrogens (tertiary/aromatic N) is 9. The fourth-order valence-electron chi connectivity index (χ4n) is 6.89. The maximum atomic E-state index is 14.4. The number of carbonyl (C=O) groups is 3. The highest BCUT2D eigenvalue weighted by atomic mass is 35.5. The normalized spacial score (nSPS) is 16.4. The summed E-state index contributed by atoms with van der Waals surface area (Å²) in [6.45, 7) is 4.60. The highest BCUT2D eigenvalue weighted by Gasteiger charge is 2.33. The molecule has 3 amide bonds. The van der Waals surface area contributed by atoms with Crippen LogP contribution in [0, 0.1) is 12.8 Å². The Kier molecular flexibility index (Phi) is 10.3. The highest BCUT2D eigenvalue weighted by Crippen LogP contribution is 2.35. The third kappa shape index (κ3) is 7.72. The van der Waals surface area contributed by atoms with Crippen LogP contribution < -0.4 is 15.8 Å². The SMILES string of the molecule is CCc1c(N2CCN(C(=O)c3ncnc(C)c3O)CC2)c(=O)n2nc(C3=CCN(C(=O)CC4CC4)CC3)nc2n1CC(=O)Nc1ccc(C(F)(F)F)cc1Cl. The molecule has 19 heteroatoms. The van der Waals surface area contributed by atoms with E-state index in [1.807, 2.05) is 13.0 Å². The van der Waals surface area contributed by atoms with E-state index in [1.54, 1.807) is 21.3 Å². The number of fused-ring (bicyclic) bond motifs is 1. The molecule has 2 aliphatic heterocycles. The molecule has 290 valence electrons. The van der Waals surface area contributed by atoms with E-state index in [1.165, 1.54) is 11.2 Å². The second kappa shape index (κ2) is 15.0. The Morgan fingerprint density at radius 3 is 2.44 bits per heavy atom. The third-order valence-electron chi connectivity index (χ3n) is 10.1. The number of benzene rings is 1. The van der Waals surface area contributed by atoms with Crippen LogP contribution in [0.25, 0.3) is 11.4 Å². The number of aromatic hydroxyl groups is 1. The minimum absolute atomic E-state index is 0.0315. The molecule has 1 aliphatic carbocycles. The van der Waals surface area contributed by atoms with Crippen LogP contribution in [-0.4, -0.2) is 101 Å². The van der Waals surface area contributed by atoms with Crippen molar-refractivity contribution >= 4 is 52.0 Å². The Balaban J connectivity index is 1.21. The predicted molar refractivity (Wildman–Crippen MR) is 195 cm³/mol. The molecule has 0 spiro atoms. The zero-order valence-electron chi connectivity index (χ0n) is 30.1. The number of aromatic nitrogens is 6. The van der Waals surface area contributed by atoms with Gasteiger partial charge in [-0.25, -0.2) is 9.97 Å². The van der Waals surface area contributed by atoms with Crippen LogP contribution in [0.3, 0.4) is 0 Å². The number of piperazine rings is 1. The maximum Gasteiger partial charge on any atom is 0.416 e. The molecular weight excluding hydrogens is 745 g/mol. The van der Waals surface area contributed by atoms with Crippen LogP contribution in [0.4, 0.5) is 24.5 Å². The van der Waals surface area contributed by atoms with Gasteiger partial charge in [0.2, 0.25) is 17.6 Å². The van der Waals surface area contributed by atoms with Gasteiger partial charge in [-0.1, -0.05) is 24.6 Å². The van der Waals surface area contributed by atoms with Crippen molar-refractivity contribution in [3.05, 3.63) is 74.4 Å². The minimum atomic E-state index is -4.63. The summed E-state index contributed by atoms with van der Waals surface area (Å²) in [5.74, 6) is -0.541. The number of nitrogens with one attached hydrogen (secondary N) is 1. The Labute approximate surface area is 317 Å². The van der Waals surface area contributed by atoms with E-state index in [4.69, 9.17) is 16.6 Å². The molecule has 0 bridgehead atoms. The standard InChI is InChI=1S/C36H38ClF3N10O5/c1-3-26-30(47-12-14-48(15-13-47)33(54)29-31(53)20(2)41-19-42-29)34(55)50-35(44-32(45-50)22-8-10-46(11-9-22)28(52)16-21-4-5-21)49(26)18-27(51)43-25-7-6-23(17-24(25)37)36(38,39)40/h6-8,17,19,21,53H,3-5,9-16,18H2,1-2H3,(H,43,51). The largest absolute Gasteiger partial charge is 0.504 e. The molecule has 0 atom stereocenters. The van der Waals surface area contributed by atoms with Gasteiger partial charge in [-0.15, -0.1) is 5.10 Å². The fourth-order valence-corrected chi connectivity index (χ4v) is 7.12. The first-order valence-corrected chi connectivity index (χ1v) is 18.3. The van der Waals surface area contributed by atoms with Gasteiger partial charge < -0.3 is 29.7 Å². The summed E-state index contributed by atoms with van der Waals surface area (Å²) < 4.78 is 42.5. The van der Waals surface area contributed by atoms with Crippen molar-refractivity contribution in [1.29, 1.82) is 0 Å². The second-order valence-corrected chi connectivity index (χ2v) is 14.2. The number of rotatable bonds is 9. The summed E-state index contributed by atoms with van der Waals surface area (Å²) in [6.07, 6.45) is 1.84. The van der Waals surface area contributed by atoms with Gasteiger partial charge in [0.15, 0.2) is 17.3 Å². The summed E-state index contributed by atoms with van der Waals surface area (Å²) in [4.78, 5) is 71.7. The van der Waals surface area contributed by atoms with Gasteiger partial charge in [-0.3, -0.25) is 19.2 Å². The van der Waals surface area contributed by atoms with Crippen molar-refractivity contribution in [2.75, 3.05) is 49.5 Å². The van der Waals surface area contributed by atoms with Crippen LogP contribution in [0.1, 0.15) is 65.9 Å². The number of hydrogen-bond acceptors (Lipinski definition) is 10. The van der Waals surface area contributed by atoms with E-state index >= 15 is 0 Å². The average molecular weight is 783 g/mol. The molecule has 1 aromatic carbocycles. The van der Waals surface area contributed by atoms with Crippen molar-refractivity contribution in [3.63, 3.8) is 0 Å². The van der Waals surface area contributed by atoms with Gasteiger partial charge in [0.1, 0.15) is 18.6 Å². The Morgan fingerprint density at radius 1 is 1.05 bits per heavy atom. The van der Waals surface area contributed by atoms with Crippen molar-refractivity contribution < 1.29 is 32.7 Å². The molecule has 0 radical (unpaired) electrons. The molecule has 15 nitrogen and oxygen atoms in total. The molecule has 2 N–H and O–H groups in total. The van der Waals surface area contributed by atoms with E-state index in [0.717, 1.165) is 41.1 Å². The van der Waals surface area contributed by atoms with Crippen molar-refractivity contribution in [1.82, 2.24) is 38.9 Å². The van der Waals surface area contributed by atoms with Gasteiger partial charge >= 0.3 is 6.18 Å². The first-order valence-electron chi connectivity index (χ1n) is 17.9. The van der Waals surface area contributed by atoms with Crippen LogP contribution in [0.15, 0.2) is 35.4 Å². The number of amides is 3. The van der Waals surface area contributed by atoms with Crippen LogP contribution >= 0.6 is 11.6 Å². The number of anilines is 2. The number of carbonyl (C=O) groups excluding carboxylic acids is 3. The maximum absolute atomic E-state index is 14.4. The summed E-state index contributed by atoms with van der Waals surface area (Å²) in [5.41, 5.74) is 0.0770. The average Bonchev–Trinajstić information content (AvgIpc) is 3.87. The number of alkyl halides is 3. The number of aryl methyl sites for hydroxylation is 1. The molecule has 3 aliphatic rings. The monoisotopic (exact) mass is 782 g/mol. The van der Waals surface area contributed by atoms with E-state index in [2.05, 4.69) is 20.4 Å². The summed E-state index contributed by atoms with van der Waals surface area (Å²) in [6, 6.07) is 2.61. The lowest BCUT2D eigenvalue weighted by atomic mass is 10.1. The number of hydrogen-bond donors (Lipinski definition) is 2. The molecule has 55 heavy (non-hydrogen) atoms. The van der Waals surface area contributed by atoms with Crippen molar-refractivity contribution in [2.45, 2.75) is 58.7 Å². The van der Waals surface area contributed by atoms with Crippen LogP contribution in [0.5, 0.6) is 5.75 Å². The molecular formula is C36H38ClF3N10O5. The lowest BCUT2D eigenvalue weighted by Gasteiger charge is -2.36. The van der Waals surface area contributed by atoms with Crippen molar-refractivity contribution in [2.24, 2.45) is 5.92 Å². The summed E-state index contributed by atoms with van der Waals surface area (Å²) >= 11 is 6.14. The lowest BCUT2D eigenvalue weighted by molar-refractivity contribution is -0.137. The Hall–Kier alpha value is -5.52. The third-order valence-corrected chi connectivity index (χ3v) is 10.4. The van der Waals surface area contributed by atoms with Gasteiger partial charge in [0, 0.05) is 45.7 Å². The lowest BCUT2D eigenvalue weighted by Crippen LogP contribution is -2.51. The quantitative estimate of drug-likeness (QED) is 0.254. The Bertz CT molecular complexity index is 2280. The van der Waals surface area contributed by atoms with Gasteiger partial charge in [0.05, 0.1) is 27.7 Å². The zero-order valence-corrected chi connectivity index (χ0v) is 30.8. The molecule has 2 fully saturated rings. The smallest absolute Gasteiger partial charge is 0.416 e. The highest BCUT2D eigenvalue weighted by molar-refractivity contribution is 6.33. The van der Waals surface area contributed by atoms with Crippen LogP contribution in [0.2, 0.25) is 5.02 Å². The number of halogens is 4. The van der Waals surface area contributed by atoms with Gasteiger partial charge in [-0.2, -0.15) is 22.7 Å².